The number of nitrogens with zero attached hydrogens (tertiary/aromatic N) is 3. The summed E-state index contributed by atoms with van der Waals surface area (Å²) in [6, 6.07) is 7.67. The highest BCUT2D eigenvalue weighted by Crippen LogP contribution is 2.31. The molecule has 0 radical (unpaired) electrons. The molecule has 1 amide bonds. The molecule has 1 aliphatic rings. The molecule has 1 aromatic carbocycles. The predicted molar refractivity (Wildman–Crippen MR) is 129 cm³/mol. The van der Waals surface area contributed by atoms with E-state index in [1.165, 1.54) is 41.3 Å². The molecule has 0 unspecified atom stereocenters. The van der Waals surface area contributed by atoms with Crippen molar-refractivity contribution in [1.82, 2.24) is 14.5 Å². The van der Waals surface area contributed by atoms with Crippen LogP contribution in [-0.4, -0.2) is 38.9 Å². The number of hydrogen-bond acceptors (Lipinski definition) is 7. The molecule has 1 atom stereocenters. The Labute approximate surface area is 200 Å². The van der Waals surface area contributed by atoms with Crippen molar-refractivity contribution in [3.05, 3.63) is 57.7 Å². The maximum atomic E-state index is 13.4. The van der Waals surface area contributed by atoms with Gasteiger partial charge >= 0.3 is 0 Å². The highest BCUT2D eigenvalue weighted by molar-refractivity contribution is 7.99. The quantitative estimate of drug-likeness (QED) is 0.302. The lowest BCUT2D eigenvalue weighted by molar-refractivity contribution is -0.113. The van der Waals surface area contributed by atoms with Crippen LogP contribution < -0.4 is 10.9 Å². The number of hydrogen-bond donors (Lipinski definition) is 1. The van der Waals surface area contributed by atoms with Crippen molar-refractivity contribution in [3.63, 3.8) is 0 Å². The lowest BCUT2D eigenvalue weighted by Gasteiger charge is -2.15. The Bertz CT molecular complexity index is 1420. The van der Waals surface area contributed by atoms with E-state index < -0.39 is 5.82 Å². The number of thioether (sulfide) groups is 1. The van der Waals surface area contributed by atoms with Gasteiger partial charge in [0.1, 0.15) is 15.3 Å². The molecular weight excluding hydrogens is 487 g/mol. The van der Waals surface area contributed by atoms with Gasteiger partial charge in [0.05, 0.1) is 28.9 Å². The van der Waals surface area contributed by atoms with Gasteiger partial charge in [-0.2, -0.15) is 0 Å². The number of rotatable bonds is 6. The number of pyridine rings is 1. The van der Waals surface area contributed by atoms with Crippen LogP contribution in [0.4, 0.5) is 10.1 Å². The maximum Gasteiger partial charge on any atom is 0.272 e. The minimum absolute atomic E-state index is 0.0127. The number of carbonyl (C=O) groups excluding carboxylic acids is 1. The summed E-state index contributed by atoms with van der Waals surface area (Å²) in [5.41, 5.74) is 0.818. The zero-order chi connectivity index (χ0) is 22.9. The summed E-state index contributed by atoms with van der Waals surface area (Å²) < 4.78 is 21.2. The van der Waals surface area contributed by atoms with Crippen molar-refractivity contribution in [3.8, 4) is 0 Å². The topological polar surface area (TPSA) is 86.1 Å². The normalized spacial score (nSPS) is 16.0. The summed E-state index contributed by atoms with van der Waals surface area (Å²) in [5, 5.41) is 3.87. The summed E-state index contributed by atoms with van der Waals surface area (Å²) >= 11 is 8.27. The van der Waals surface area contributed by atoms with Gasteiger partial charge in [0.25, 0.3) is 5.56 Å². The van der Waals surface area contributed by atoms with Crippen molar-refractivity contribution in [2.24, 2.45) is 0 Å². The van der Waals surface area contributed by atoms with Crippen LogP contribution in [0.15, 0.2) is 46.5 Å². The van der Waals surface area contributed by atoms with E-state index in [9.17, 15) is 14.0 Å². The van der Waals surface area contributed by atoms with Crippen molar-refractivity contribution >= 4 is 66.7 Å². The Morgan fingerprint density at radius 3 is 3.06 bits per heavy atom. The zero-order valence-electron chi connectivity index (χ0n) is 17.2. The molecule has 0 bridgehead atoms. The van der Waals surface area contributed by atoms with Gasteiger partial charge in [0.2, 0.25) is 5.91 Å². The van der Waals surface area contributed by atoms with Crippen molar-refractivity contribution in [2.45, 2.75) is 30.6 Å². The van der Waals surface area contributed by atoms with Crippen molar-refractivity contribution in [1.29, 1.82) is 0 Å². The molecule has 1 N–H and O–H groups in total. The fraction of sp³-hybridized carbons (Fsp3) is 0.273. The van der Waals surface area contributed by atoms with Crippen molar-refractivity contribution in [2.75, 3.05) is 17.7 Å². The molecule has 11 heteroatoms. The number of aromatic nitrogens is 3. The number of carbonyl (C=O) groups is 1. The Hall–Kier alpha value is -2.53. The second-order valence-electron chi connectivity index (χ2n) is 7.55. The van der Waals surface area contributed by atoms with Crippen LogP contribution in [0.3, 0.4) is 0 Å². The van der Waals surface area contributed by atoms with E-state index in [2.05, 4.69) is 10.3 Å². The average Bonchev–Trinajstić information content (AvgIpc) is 3.45. The van der Waals surface area contributed by atoms with Crippen LogP contribution in [0.25, 0.3) is 20.4 Å². The number of thiophene rings is 1. The SMILES string of the molecule is O=C(CSc1nc2c(sc3ncccc32)c(=O)n1C[C@H]1CCCO1)Nc1ccc(F)c(Cl)c1. The molecule has 0 spiro atoms. The van der Waals surface area contributed by atoms with Gasteiger partial charge in [-0.05, 0) is 43.2 Å². The van der Waals surface area contributed by atoms with Gasteiger partial charge in [-0.25, -0.2) is 14.4 Å². The summed E-state index contributed by atoms with van der Waals surface area (Å²) in [6.07, 6.45) is 3.44. The molecule has 4 heterocycles. The van der Waals surface area contributed by atoms with Gasteiger partial charge < -0.3 is 10.1 Å². The number of ether oxygens (including phenoxy) is 1. The summed E-state index contributed by atoms with van der Waals surface area (Å²) in [7, 11) is 0. The number of amides is 1. The number of fused-ring (bicyclic) bond motifs is 3. The maximum absolute atomic E-state index is 13.4. The minimum atomic E-state index is -0.558. The first kappa shape index (κ1) is 22.3. The second-order valence-corrected chi connectivity index (χ2v) is 9.90. The van der Waals surface area contributed by atoms with E-state index in [-0.39, 0.29) is 28.3 Å². The summed E-state index contributed by atoms with van der Waals surface area (Å²) in [6.45, 7) is 1.05. The Morgan fingerprint density at radius 2 is 2.27 bits per heavy atom. The van der Waals surface area contributed by atoms with E-state index in [4.69, 9.17) is 21.3 Å². The molecule has 0 saturated carbocycles. The highest BCUT2D eigenvalue weighted by Gasteiger charge is 2.22. The largest absolute Gasteiger partial charge is 0.376 e. The summed E-state index contributed by atoms with van der Waals surface area (Å²) in [5.74, 6) is -0.867. The fourth-order valence-electron chi connectivity index (χ4n) is 3.71. The molecule has 7 nitrogen and oxygen atoms in total. The molecular formula is C22H18ClFN4O3S2. The van der Waals surface area contributed by atoms with Crippen LogP contribution >= 0.6 is 34.7 Å². The van der Waals surface area contributed by atoms with Crippen LogP contribution in [0.1, 0.15) is 12.8 Å². The van der Waals surface area contributed by atoms with E-state index in [1.807, 2.05) is 12.1 Å². The molecule has 4 aromatic rings. The first-order valence-electron chi connectivity index (χ1n) is 10.3. The van der Waals surface area contributed by atoms with Gasteiger partial charge in [-0.3, -0.25) is 14.2 Å². The molecule has 1 saturated heterocycles. The zero-order valence-corrected chi connectivity index (χ0v) is 19.6. The van der Waals surface area contributed by atoms with Gasteiger partial charge in [-0.1, -0.05) is 23.4 Å². The molecule has 170 valence electrons. The van der Waals surface area contributed by atoms with Crippen molar-refractivity contribution < 1.29 is 13.9 Å². The highest BCUT2D eigenvalue weighted by atomic mass is 35.5. The standard InChI is InChI=1S/C22H18ClFN4O3S2/c23-15-9-12(5-6-16(15)24)26-17(29)11-32-22-27-18-14-4-1-7-25-20(14)33-19(18)21(30)28(22)10-13-3-2-8-31-13/h1,4-7,9,13H,2-3,8,10-11H2,(H,26,29)/t13-/m1/s1. The lowest BCUT2D eigenvalue weighted by atomic mass is 10.2. The molecule has 1 aliphatic heterocycles. The first-order valence-corrected chi connectivity index (χ1v) is 12.4. The Balaban J connectivity index is 1.45. The average molecular weight is 505 g/mol. The fourth-order valence-corrected chi connectivity index (χ4v) is 5.72. The second kappa shape index (κ2) is 9.38. The van der Waals surface area contributed by atoms with E-state index >= 15 is 0 Å². The molecule has 5 rings (SSSR count). The lowest BCUT2D eigenvalue weighted by Crippen LogP contribution is -2.28. The third kappa shape index (κ3) is 4.61. The number of nitrogens with one attached hydrogen (secondary N) is 1. The third-order valence-electron chi connectivity index (χ3n) is 5.26. The first-order chi connectivity index (χ1) is 16.0. The van der Waals surface area contributed by atoms with Crippen LogP contribution in [0, 0.1) is 5.82 Å². The van der Waals surface area contributed by atoms with E-state index in [0.29, 0.717) is 34.2 Å². The summed E-state index contributed by atoms with van der Waals surface area (Å²) in [4.78, 5) is 35.8. The Kier molecular flexibility index (Phi) is 6.33. The monoisotopic (exact) mass is 504 g/mol. The molecule has 3 aromatic heterocycles. The number of benzene rings is 1. The Morgan fingerprint density at radius 1 is 1.39 bits per heavy atom. The number of halogens is 2. The third-order valence-corrected chi connectivity index (χ3v) is 7.62. The smallest absolute Gasteiger partial charge is 0.272 e. The predicted octanol–water partition coefficient (Wildman–Crippen LogP) is 4.71. The van der Waals surface area contributed by atoms with Crippen LogP contribution in [0.5, 0.6) is 0 Å². The van der Waals surface area contributed by atoms with E-state index in [1.54, 1.807) is 10.8 Å². The van der Waals surface area contributed by atoms with E-state index in [0.717, 1.165) is 23.1 Å². The van der Waals surface area contributed by atoms with Crippen LogP contribution in [0.2, 0.25) is 5.02 Å². The van der Waals surface area contributed by atoms with Gasteiger partial charge in [0.15, 0.2) is 5.16 Å². The minimum Gasteiger partial charge on any atom is -0.376 e. The molecule has 1 fully saturated rings. The number of anilines is 1. The molecule has 33 heavy (non-hydrogen) atoms. The van der Waals surface area contributed by atoms with Crippen LogP contribution in [-0.2, 0) is 16.1 Å². The van der Waals surface area contributed by atoms with Gasteiger partial charge in [-0.15, -0.1) is 11.3 Å². The van der Waals surface area contributed by atoms with Gasteiger partial charge in [0, 0.05) is 23.9 Å². The molecule has 0 aliphatic carbocycles.